The van der Waals surface area contributed by atoms with Gasteiger partial charge in [0, 0.05) is 19.2 Å². The van der Waals surface area contributed by atoms with Gasteiger partial charge in [-0.2, -0.15) is 0 Å². The fourth-order valence-electron chi connectivity index (χ4n) is 0.516. The largest absolute Gasteiger partial charge is 0.396 e. The van der Waals surface area contributed by atoms with Crippen LogP contribution in [0.15, 0.2) is 0 Å². The molecule has 0 aliphatic heterocycles. The number of aliphatic hydroxyl groups excluding tert-OH is 2. The summed E-state index contributed by atoms with van der Waals surface area (Å²) in [5.41, 5.74) is 10.4. The van der Waals surface area contributed by atoms with E-state index in [9.17, 15) is 0 Å². The highest BCUT2D eigenvalue weighted by Gasteiger charge is 2.10. The van der Waals surface area contributed by atoms with E-state index in [1.165, 1.54) is 0 Å². The molecule has 56 valence electrons. The van der Waals surface area contributed by atoms with Crippen LogP contribution in [-0.4, -0.2) is 35.5 Å². The average Bonchev–Trinajstić information content (AvgIpc) is 1.87. The maximum absolute atomic E-state index is 8.90. The van der Waals surface area contributed by atoms with Gasteiger partial charge in [-0.25, -0.2) is 0 Å². The van der Waals surface area contributed by atoms with Crippen LogP contribution in [0.2, 0.25) is 0 Å². The molecule has 2 atom stereocenters. The first-order valence-corrected chi connectivity index (χ1v) is 2.97. The number of hydrogen-bond donors (Lipinski definition) is 4. The summed E-state index contributed by atoms with van der Waals surface area (Å²) in [6, 6.07) is -0.389. The van der Waals surface area contributed by atoms with Crippen LogP contribution in [0.4, 0.5) is 0 Å². The lowest BCUT2D eigenvalue weighted by atomic mass is 10.1. The fourth-order valence-corrected chi connectivity index (χ4v) is 0.516. The second kappa shape index (κ2) is 4.69. The Bertz CT molecular complexity index is 70.0. The molecule has 4 nitrogen and oxygen atoms in total. The second-order valence-electron chi connectivity index (χ2n) is 1.98. The van der Waals surface area contributed by atoms with E-state index < -0.39 is 6.10 Å². The van der Waals surface area contributed by atoms with Crippen molar-refractivity contribution in [3.05, 3.63) is 0 Å². The zero-order valence-electron chi connectivity index (χ0n) is 5.33. The zero-order chi connectivity index (χ0) is 7.28. The Kier molecular flexibility index (Phi) is 4.61. The van der Waals surface area contributed by atoms with E-state index in [-0.39, 0.29) is 19.2 Å². The molecule has 0 fully saturated rings. The van der Waals surface area contributed by atoms with Gasteiger partial charge in [-0.15, -0.1) is 0 Å². The molecule has 0 radical (unpaired) electrons. The third kappa shape index (κ3) is 3.42. The molecule has 0 rings (SSSR count). The third-order valence-electron chi connectivity index (χ3n) is 1.20. The summed E-state index contributed by atoms with van der Waals surface area (Å²) in [5, 5.41) is 17.2. The molecule has 4 heteroatoms. The SMILES string of the molecule is NCC(O)C(N)CCO. The van der Waals surface area contributed by atoms with Crippen LogP contribution in [0.1, 0.15) is 6.42 Å². The van der Waals surface area contributed by atoms with Crippen molar-refractivity contribution in [2.75, 3.05) is 13.2 Å². The Morgan fingerprint density at radius 3 is 2.33 bits per heavy atom. The smallest absolute Gasteiger partial charge is 0.0813 e. The zero-order valence-corrected chi connectivity index (χ0v) is 5.33. The van der Waals surface area contributed by atoms with Crippen LogP contribution < -0.4 is 11.5 Å². The van der Waals surface area contributed by atoms with Crippen LogP contribution in [0, 0.1) is 0 Å². The highest BCUT2D eigenvalue weighted by atomic mass is 16.3. The Hall–Kier alpha value is -0.160. The van der Waals surface area contributed by atoms with Gasteiger partial charge in [0.15, 0.2) is 0 Å². The van der Waals surface area contributed by atoms with Crippen molar-refractivity contribution in [1.29, 1.82) is 0 Å². The Morgan fingerprint density at radius 1 is 1.44 bits per heavy atom. The van der Waals surface area contributed by atoms with Crippen molar-refractivity contribution < 1.29 is 10.2 Å². The summed E-state index contributed by atoms with van der Waals surface area (Å²) in [4.78, 5) is 0. The monoisotopic (exact) mass is 134 g/mol. The minimum absolute atomic E-state index is 0.00176. The van der Waals surface area contributed by atoms with Crippen molar-refractivity contribution in [2.24, 2.45) is 11.5 Å². The van der Waals surface area contributed by atoms with E-state index in [0.717, 1.165) is 0 Å². The summed E-state index contributed by atoms with van der Waals surface area (Å²) >= 11 is 0. The molecular weight excluding hydrogens is 120 g/mol. The number of nitrogens with two attached hydrogens (primary N) is 2. The highest BCUT2D eigenvalue weighted by molar-refractivity contribution is 4.71. The van der Waals surface area contributed by atoms with Gasteiger partial charge in [-0.05, 0) is 6.42 Å². The van der Waals surface area contributed by atoms with E-state index in [1.807, 2.05) is 0 Å². The summed E-state index contributed by atoms with van der Waals surface area (Å²) in [7, 11) is 0. The van der Waals surface area contributed by atoms with Gasteiger partial charge in [0.2, 0.25) is 0 Å². The molecule has 0 aromatic carbocycles. The Morgan fingerprint density at radius 2 is 2.00 bits per heavy atom. The molecule has 0 amide bonds. The van der Waals surface area contributed by atoms with Crippen LogP contribution in [0.25, 0.3) is 0 Å². The van der Waals surface area contributed by atoms with Gasteiger partial charge in [0.1, 0.15) is 0 Å². The number of aliphatic hydroxyl groups is 2. The molecule has 0 heterocycles. The highest BCUT2D eigenvalue weighted by Crippen LogP contribution is 1.91. The van der Waals surface area contributed by atoms with Crippen LogP contribution >= 0.6 is 0 Å². The summed E-state index contributed by atoms with van der Waals surface area (Å²) < 4.78 is 0. The van der Waals surface area contributed by atoms with Crippen LogP contribution in [0.3, 0.4) is 0 Å². The van der Waals surface area contributed by atoms with E-state index in [2.05, 4.69) is 0 Å². The van der Waals surface area contributed by atoms with Gasteiger partial charge in [0.05, 0.1) is 6.10 Å². The summed E-state index contributed by atoms with van der Waals surface area (Å²) in [6.07, 6.45) is -0.282. The molecule has 0 bridgehead atoms. The fraction of sp³-hybridized carbons (Fsp3) is 1.00. The molecule has 0 aromatic rings. The molecule has 0 aromatic heterocycles. The van der Waals surface area contributed by atoms with Gasteiger partial charge in [0.25, 0.3) is 0 Å². The van der Waals surface area contributed by atoms with E-state index in [4.69, 9.17) is 21.7 Å². The van der Waals surface area contributed by atoms with Crippen LogP contribution in [-0.2, 0) is 0 Å². The standard InChI is InChI=1S/C5H14N2O2/c6-3-5(9)4(7)1-2-8/h4-5,8-9H,1-3,6-7H2. The lowest BCUT2D eigenvalue weighted by Gasteiger charge is -2.14. The first kappa shape index (κ1) is 8.84. The maximum Gasteiger partial charge on any atom is 0.0813 e. The van der Waals surface area contributed by atoms with Crippen molar-refractivity contribution in [1.82, 2.24) is 0 Å². The molecule has 9 heavy (non-hydrogen) atoms. The predicted octanol–water partition coefficient (Wildman–Crippen LogP) is -1.98. The molecule has 0 saturated heterocycles. The number of rotatable bonds is 4. The molecule has 2 unspecified atom stereocenters. The molecule has 6 N–H and O–H groups in total. The van der Waals surface area contributed by atoms with Gasteiger partial charge >= 0.3 is 0 Å². The molecule has 0 spiro atoms. The molecular formula is C5H14N2O2. The number of hydrogen-bond acceptors (Lipinski definition) is 4. The Labute approximate surface area is 54.5 Å². The van der Waals surface area contributed by atoms with Crippen molar-refractivity contribution in [3.8, 4) is 0 Å². The van der Waals surface area contributed by atoms with Crippen molar-refractivity contribution in [3.63, 3.8) is 0 Å². The second-order valence-corrected chi connectivity index (χ2v) is 1.98. The lowest BCUT2D eigenvalue weighted by Crippen LogP contribution is -2.40. The van der Waals surface area contributed by atoms with Gasteiger partial charge in [-0.1, -0.05) is 0 Å². The van der Waals surface area contributed by atoms with Crippen LogP contribution in [0.5, 0.6) is 0 Å². The van der Waals surface area contributed by atoms with Crippen molar-refractivity contribution >= 4 is 0 Å². The van der Waals surface area contributed by atoms with E-state index in [0.29, 0.717) is 6.42 Å². The maximum atomic E-state index is 8.90. The molecule has 0 saturated carbocycles. The summed E-state index contributed by atoms with van der Waals surface area (Å²) in [5.74, 6) is 0. The minimum atomic E-state index is -0.683. The first-order chi connectivity index (χ1) is 4.22. The third-order valence-corrected chi connectivity index (χ3v) is 1.20. The van der Waals surface area contributed by atoms with E-state index >= 15 is 0 Å². The van der Waals surface area contributed by atoms with Gasteiger partial charge < -0.3 is 21.7 Å². The Balaban J connectivity index is 3.32. The lowest BCUT2D eigenvalue weighted by molar-refractivity contribution is 0.135. The van der Waals surface area contributed by atoms with Crippen molar-refractivity contribution in [2.45, 2.75) is 18.6 Å². The molecule has 0 aliphatic rings. The minimum Gasteiger partial charge on any atom is -0.396 e. The van der Waals surface area contributed by atoms with Gasteiger partial charge in [-0.3, -0.25) is 0 Å². The summed E-state index contributed by atoms with van der Waals surface area (Å²) in [6.45, 7) is 0.152. The quantitative estimate of drug-likeness (QED) is 0.358. The average molecular weight is 134 g/mol. The molecule has 0 aliphatic carbocycles. The first-order valence-electron chi connectivity index (χ1n) is 2.97. The normalized spacial score (nSPS) is 17.3. The topological polar surface area (TPSA) is 92.5 Å². The van der Waals surface area contributed by atoms with E-state index in [1.54, 1.807) is 0 Å². The predicted molar refractivity (Wildman–Crippen MR) is 34.7 cm³/mol.